The van der Waals surface area contributed by atoms with Crippen molar-refractivity contribution < 1.29 is 0 Å². The van der Waals surface area contributed by atoms with Crippen LogP contribution in [0.25, 0.3) is 6.08 Å². The third-order valence-corrected chi connectivity index (χ3v) is 6.48. The molecule has 2 saturated carbocycles. The molecule has 1 N–H and O–H groups in total. The molecule has 0 aliphatic heterocycles. The molecule has 1 aromatic rings. The maximum absolute atomic E-state index is 3.71. The van der Waals surface area contributed by atoms with Crippen LogP contribution in [0.1, 0.15) is 50.5 Å². The van der Waals surface area contributed by atoms with Gasteiger partial charge >= 0.3 is 0 Å². The Balaban J connectivity index is 1.77. The van der Waals surface area contributed by atoms with E-state index in [1.807, 2.05) is 0 Å². The molecule has 1 nitrogen and oxygen atoms in total. The Labute approximate surface area is 144 Å². The second-order valence-corrected chi connectivity index (χ2v) is 8.09. The second kappa shape index (κ2) is 7.43. The minimum atomic E-state index is 0.785. The number of hydrogen-bond donors (Lipinski definition) is 1. The third kappa shape index (κ3) is 4.67. The van der Waals surface area contributed by atoms with Crippen molar-refractivity contribution in [3.63, 3.8) is 0 Å². The van der Waals surface area contributed by atoms with E-state index in [4.69, 9.17) is 0 Å². The summed E-state index contributed by atoms with van der Waals surface area (Å²) in [5, 5.41) is 3.71. The number of hydrogen-bond acceptors (Lipinski definition) is 1. The lowest BCUT2D eigenvalue weighted by Gasteiger charge is -2.25. The van der Waals surface area contributed by atoms with Gasteiger partial charge in [0.25, 0.3) is 0 Å². The van der Waals surface area contributed by atoms with E-state index in [1.165, 1.54) is 50.5 Å². The van der Waals surface area contributed by atoms with Gasteiger partial charge in [0, 0.05) is 21.5 Å². The van der Waals surface area contributed by atoms with E-state index in [0.717, 1.165) is 27.4 Å². The molecule has 2 aliphatic rings. The average molecular weight is 413 g/mol. The van der Waals surface area contributed by atoms with Crippen LogP contribution in [-0.2, 0) is 0 Å². The van der Waals surface area contributed by atoms with Crippen LogP contribution in [0.2, 0.25) is 0 Å². The second-order valence-electron chi connectivity index (χ2n) is 6.38. The SMILES string of the molecule is Brc1ccc(/C=C(/CNC2CC2)C2CCCCC2)cc1Br. The molecule has 3 heteroatoms. The standard InChI is InChI=1S/C18H23Br2N/c19-17-9-6-13(11-18(17)20)10-15(12-21-16-7-8-16)14-4-2-1-3-5-14/h6,9-11,14,16,21H,1-5,7-8,12H2/b15-10-. The first kappa shape index (κ1) is 15.8. The summed E-state index contributed by atoms with van der Waals surface area (Å²) >= 11 is 7.16. The predicted molar refractivity (Wildman–Crippen MR) is 97.4 cm³/mol. The highest BCUT2D eigenvalue weighted by Crippen LogP contribution is 2.32. The molecular formula is C18H23Br2N. The van der Waals surface area contributed by atoms with E-state index < -0.39 is 0 Å². The lowest BCUT2D eigenvalue weighted by atomic mass is 9.83. The zero-order chi connectivity index (χ0) is 14.7. The number of benzene rings is 1. The maximum atomic E-state index is 3.71. The van der Waals surface area contributed by atoms with Gasteiger partial charge in [-0.3, -0.25) is 0 Å². The van der Waals surface area contributed by atoms with Gasteiger partial charge in [0.1, 0.15) is 0 Å². The number of nitrogens with one attached hydrogen (secondary N) is 1. The van der Waals surface area contributed by atoms with Gasteiger partial charge in [-0.05, 0) is 81.2 Å². The molecule has 2 fully saturated rings. The van der Waals surface area contributed by atoms with Crippen LogP contribution in [0.4, 0.5) is 0 Å². The smallest absolute Gasteiger partial charge is 0.0323 e. The molecule has 0 saturated heterocycles. The highest BCUT2D eigenvalue weighted by Gasteiger charge is 2.23. The molecule has 0 atom stereocenters. The minimum absolute atomic E-state index is 0.785. The molecule has 0 spiro atoms. The van der Waals surface area contributed by atoms with Crippen molar-refractivity contribution in [2.24, 2.45) is 5.92 Å². The van der Waals surface area contributed by atoms with Crippen molar-refractivity contribution in [3.8, 4) is 0 Å². The Morgan fingerprint density at radius 3 is 2.48 bits per heavy atom. The van der Waals surface area contributed by atoms with Crippen LogP contribution in [0.15, 0.2) is 32.7 Å². The summed E-state index contributed by atoms with van der Waals surface area (Å²) in [6.07, 6.45) is 12.1. The van der Waals surface area contributed by atoms with Crippen molar-refractivity contribution in [2.45, 2.75) is 51.0 Å². The van der Waals surface area contributed by atoms with Crippen molar-refractivity contribution in [3.05, 3.63) is 38.3 Å². The zero-order valence-corrected chi connectivity index (χ0v) is 15.5. The van der Waals surface area contributed by atoms with Crippen LogP contribution in [0.5, 0.6) is 0 Å². The van der Waals surface area contributed by atoms with Gasteiger partial charge in [-0.2, -0.15) is 0 Å². The Kier molecular flexibility index (Phi) is 5.58. The summed E-state index contributed by atoms with van der Waals surface area (Å²) in [5.41, 5.74) is 2.92. The predicted octanol–water partition coefficient (Wildman–Crippen LogP) is 5.93. The van der Waals surface area contributed by atoms with Gasteiger partial charge in [0.2, 0.25) is 0 Å². The fraction of sp³-hybridized carbons (Fsp3) is 0.556. The van der Waals surface area contributed by atoms with Gasteiger partial charge in [0.15, 0.2) is 0 Å². The third-order valence-electron chi connectivity index (χ3n) is 4.60. The van der Waals surface area contributed by atoms with Crippen molar-refractivity contribution in [2.75, 3.05) is 6.54 Å². The highest BCUT2D eigenvalue weighted by atomic mass is 79.9. The largest absolute Gasteiger partial charge is 0.310 e. The van der Waals surface area contributed by atoms with Crippen LogP contribution < -0.4 is 5.32 Å². The average Bonchev–Trinajstić information content (AvgIpc) is 3.32. The first-order valence-corrected chi connectivity index (χ1v) is 9.70. The first-order chi connectivity index (χ1) is 10.2. The molecule has 2 aliphatic carbocycles. The summed E-state index contributed by atoms with van der Waals surface area (Å²) < 4.78 is 2.25. The van der Waals surface area contributed by atoms with E-state index in [9.17, 15) is 0 Å². The van der Waals surface area contributed by atoms with Gasteiger partial charge < -0.3 is 5.32 Å². The van der Waals surface area contributed by atoms with Crippen molar-refractivity contribution in [1.82, 2.24) is 5.32 Å². The summed E-state index contributed by atoms with van der Waals surface area (Å²) in [5.74, 6) is 0.785. The Morgan fingerprint density at radius 2 is 1.81 bits per heavy atom. The molecule has 0 unspecified atom stereocenters. The Bertz CT molecular complexity index is 514. The Morgan fingerprint density at radius 1 is 1.05 bits per heavy atom. The fourth-order valence-corrected chi connectivity index (χ4v) is 3.80. The fourth-order valence-electron chi connectivity index (χ4n) is 3.15. The maximum Gasteiger partial charge on any atom is 0.0323 e. The van der Waals surface area contributed by atoms with Crippen LogP contribution in [-0.4, -0.2) is 12.6 Å². The molecule has 3 rings (SSSR count). The highest BCUT2D eigenvalue weighted by molar-refractivity contribution is 9.13. The molecule has 0 bridgehead atoms. The normalized spacial score (nSPS) is 20.8. The molecule has 114 valence electrons. The van der Waals surface area contributed by atoms with Crippen molar-refractivity contribution in [1.29, 1.82) is 0 Å². The monoisotopic (exact) mass is 411 g/mol. The van der Waals surface area contributed by atoms with Gasteiger partial charge in [-0.25, -0.2) is 0 Å². The molecule has 0 amide bonds. The molecular weight excluding hydrogens is 390 g/mol. The van der Waals surface area contributed by atoms with Crippen LogP contribution in [0.3, 0.4) is 0 Å². The summed E-state index contributed by atoms with van der Waals surface area (Å²) in [7, 11) is 0. The number of rotatable bonds is 5. The van der Waals surface area contributed by atoms with Gasteiger partial charge in [-0.15, -0.1) is 0 Å². The summed E-state index contributed by atoms with van der Waals surface area (Å²) in [6.45, 7) is 1.07. The minimum Gasteiger partial charge on any atom is -0.310 e. The summed E-state index contributed by atoms with van der Waals surface area (Å²) in [6, 6.07) is 7.33. The van der Waals surface area contributed by atoms with Gasteiger partial charge in [0.05, 0.1) is 0 Å². The molecule has 1 aromatic carbocycles. The number of halogens is 2. The topological polar surface area (TPSA) is 12.0 Å². The quantitative estimate of drug-likeness (QED) is 0.631. The Hall–Kier alpha value is -0.120. The lowest BCUT2D eigenvalue weighted by molar-refractivity contribution is 0.396. The first-order valence-electron chi connectivity index (χ1n) is 8.11. The van der Waals surface area contributed by atoms with E-state index in [1.54, 1.807) is 5.57 Å². The van der Waals surface area contributed by atoms with Crippen molar-refractivity contribution >= 4 is 37.9 Å². The lowest BCUT2D eigenvalue weighted by Crippen LogP contribution is -2.24. The van der Waals surface area contributed by atoms with Crippen LogP contribution in [0, 0.1) is 5.92 Å². The molecule has 0 heterocycles. The summed E-state index contributed by atoms with van der Waals surface area (Å²) in [4.78, 5) is 0. The van der Waals surface area contributed by atoms with E-state index in [0.29, 0.717) is 0 Å². The zero-order valence-electron chi connectivity index (χ0n) is 12.4. The van der Waals surface area contributed by atoms with Gasteiger partial charge in [-0.1, -0.05) is 37.0 Å². The van der Waals surface area contributed by atoms with E-state index in [2.05, 4.69) is 61.5 Å². The molecule has 0 aromatic heterocycles. The molecule has 0 radical (unpaired) electrons. The molecule has 21 heavy (non-hydrogen) atoms. The van der Waals surface area contributed by atoms with E-state index >= 15 is 0 Å². The van der Waals surface area contributed by atoms with Crippen LogP contribution >= 0.6 is 31.9 Å². The van der Waals surface area contributed by atoms with E-state index in [-0.39, 0.29) is 0 Å².